The molecule has 0 aliphatic heterocycles. The van der Waals surface area contributed by atoms with Gasteiger partial charge in [-0.25, -0.2) is 0 Å². The van der Waals surface area contributed by atoms with Crippen LogP contribution in [0, 0.1) is 11.3 Å². The molecule has 1 N–H and O–H groups in total. The van der Waals surface area contributed by atoms with E-state index in [-0.39, 0.29) is 5.75 Å². The number of phenolic OH excluding ortho intramolecular Hbond substituents is 1. The number of nitriles is 1. The third-order valence-electron chi connectivity index (χ3n) is 5.69. The predicted octanol–water partition coefficient (Wildman–Crippen LogP) is 6.37. The van der Waals surface area contributed by atoms with Crippen LogP contribution in [0.5, 0.6) is 5.75 Å². The van der Waals surface area contributed by atoms with Gasteiger partial charge in [0, 0.05) is 5.56 Å². The highest BCUT2D eigenvalue weighted by Crippen LogP contribution is 2.54. The molecule has 124 valence electrons. The number of hydrogen-bond donors (Lipinski definition) is 1. The number of benzene rings is 5. The molecular formula is C25H13NO. The van der Waals surface area contributed by atoms with Crippen LogP contribution in [-0.4, -0.2) is 5.11 Å². The molecule has 1 aliphatic carbocycles. The second kappa shape index (κ2) is 4.87. The average Bonchev–Trinajstić information content (AvgIpc) is 3.06. The lowest BCUT2D eigenvalue weighted by Gasteiger charge is -2.13. The number of nitrogens with zero attached hydrogens (tertiary/aromatic N) is 1. The van der Waals surface area contributed by atoms with Gasteiger partial charge < -0.3 is 5.11 Å². The monoisotopic (exact) mass is 343 g/mol. The fourth-order valence-corrected chi connectivity index (χ4v) is 4.66. The van der Waals surface area contributed by atoms with Crippen LogP contribution < -0.4 is 0 Å². The number of hydrogen-bond acceptors (Lipinski definition) is 2. The Labute approximate surface area is 155 Å². The molecule has 5 aromatic carbocycles. The predicted molar refractivity (Wildman–Crippen MR) is 110 cm³/mol. The summed E-state index contributed by atoms with van der Waals surface area (Å²) in [5.41, 5.74) is 5.19. The second-order valence-corrected chi connectivity index (χ2v) is 7.03. The normalized spacial score (nSPS) is 11.8. The zero-order valence-electron chi connectivity index (χ0n) is 14.3. The van der Waals surface area contributed by atoms with Crippen molar-refractivity contribution in [3.8, 4) is 34.1 Å². The minimum atomic E-state index is 0.263. The van der Waals surface area contributed by atoms with Gasteiger partial charge in [-0.1, -0.05) is 54.6 Å². The molecule has 0 saturated heterocycles. The van der Waals surface area contributed by atoms with Crippen LogP contribution in [-0.2, 0) is 0 Å². The summed E-state index contributed by atoms with van der Waals surface area (Å²) in [6.07, 6.45) is 0. The first-order chi connectivity index (χ1) is 13.3. The largest absolute Gasteiger partial charge is 0.508 e. The summed E-state index contributed by atoms with van der Waals surface area (Å²) < 4.78 is 0. The van der Waals surface area contributed by atoms with Crippen LogP contribution in [0.15, 0.2) is 72.8 Å². The van der Waals surface area contributed by atoms with Crippen LogP contribution >= 0.6 is 0 Å². The van der Waals surface area contributed by atoms with E-state index in [1.807, 2.05) is 36.4 Å². The van der Waals surface area contributed by atoms with Crippen molar-refractivity contribution in [3.05, 3.63) is 78.4 Å². The second-order valence-electron chi connectivity index (χ2n) is 7.03. The molecule has 0 bridgehead atoms. The van der Waals surface area contributed by atoms with Gasteiger partial charge in [0.05, 0.1) is 11.6 Å². The molecular weight excluding hydrogens is 330 g/mol. The van der Waals surface area contributed by atoms with Gasteiger partial charge in [0.25, 0.3) is 0 Å². The highest BCUT2D eigenvalue weighted by Gasteiger charge is 2.28. The van der Waals surface area contributed by atoms with Gasteiger partial charge in [-0.15, -0.1) is 0 Å². The van der Waals surface area contributed by atoms with E-state index in [1.54, 1.807) is 6.07 Å². The first kappa shape index (κ1) is 14.4. The first-order valence-corrected chi connectivity index (χ1v) is 8.92. The highest BCUT2D eigenvalue weighted by atomic mass is 16.3. The van der Waals surface area contributed by atoms with Crippen molar-refractivity contribution in [2.75, 3.05) is 0 Å². The van der Waals surface area contributed by atoms with E-state index in [0.717, 1.165) is 54.6 Å². The van der Waals surface area contributed by atoms with E-state index < -0.39 is 0 Å². The Kier molecular flexibility index (Phi) is 2.59. The Balaban J connectivity index is 1.99. The van der Waals surface area contributed by atoms with Crippen LogP contribution in [0.4, 0.5) is 0 Å². The number of fused-ring (bicyclic) bond motifs is 8. The van der Waals surface area contributed by atoms with Gasteiger partial charge in [0.15, 0.2) is 0 Å². The molecule has 0 heterocycles. The summed E-state index contributed by atoms with van der Waals surface area (Å²) in [5, 5.41) is 26.5. The maximum atomic E-state index is 10.1. The molecule has 0 spiro atoms. The molecule has 0 unspecified atom stereocenters. The van der Waals surface area contributed by atoms with Crippen LogP contribution in [0.2, 0.25) is 0 Å². The standard InChI is InChI=1S/C25H13NO/c26-13-15-9-8-14-4-3-7-20-22(14)23(15)25-18-6-2-1-5-17(18)21-12-16(27)10-11-19(21)24(20)25/h1-12,27H. The van der Waals surface area contributed by atoms with Gasteiger partial charge in [-0.2, -0.15) is 5.26 Å². The van der Waals surface area contributed by atoms with Crippen LogP contribution in [0.3, 0.4) is 0 Å². The third kappa shape index (κ3) is 1.68. The maximum Gasteiger partial charge on any atom is 0.116 e. The van der Waals surface area contributed by atoms with Gasteiger partial charge in [-0.3, -0.25) is 0 Å². The Morgan fingerprint density at radius 1 is 0.667 bits per heavy atom. The lowest BCUT2D eigenvalue weighted by Crippen LogP contribution is -1.87. The van der Waals surface area contributed by atoms with Crippen molar-refractivity contribution in [3.63, 3.8) is 0 Å². The molecule has 2 nitrogen and oxygen atoms in total. The summed E-state index contributed by atoms with van der Waals surface area (Å²) in [7, 11) is 0. The van der Waals surface area contributed by atoms with Crippen molar-refractivity contribution in [1.29, 1.82) is 5.26 Å². The Morgan fingerprint density at radius 2 is 1.48 bits per heavy atom. The molecule has 6 rings (SSSR count). The van der Waals surface area contributed by atoms with Gasteiger partial charge in [-0.05, 0) is 67.2 Å². The van der Waals surface area contributed by atoms with Crippen molar-refractivity contribution < 1.29 is 5.11 Å². The molecule has 0 amide bonds. The molecule has 5 aromatic rings. The fourth-order valence-electron chi connectivity index (χ4n) is 4.66. The van der Waals surface area contributed by atoms with Crippen molar-refractivity contribution in [2.24, 2.45) is 0 Å². The molecule has 1 aliphatic rings. The first-order valence-electron chi connectivity index (χ1n) is 8.92. The maximum absolute atomic E-state index is 10.1. The quantitative estimate of drug-likeness (QED) is 0.326. The van der Waals surface area contributed by atoms with Gasteiger partial charge in [0.1, 0.15) is 5.75 Å². The van der Waals surface area contributed by atoms with E-state index in [1.165, 1.54) is 0 Å². The van der Waals surface area contributed by atoms with E-state index in [4.69, 9.17) is 0 Å². The summed E-state index contributed by atoms with van der Waals surface area (Å²) in [4.78, 5) is 0. The summed E-state index contributed by atoms with van der Waals surface area (Å²) in [6, 6.07) is 26.5. The van der Waals surface area contributed by atoms with E-state index in [9.17, 15) is 10.4 Å². The topological polar surface area (TPSA) is 44.0 Å². The van der Waals surface area contributed by atoms with Crippen molar-refractivity contribution in [2.45, 2.75) is 0 Å². The molecule has 0 fully saturated rings. The van der Waals surface area contributed by atoms with Gasteiger partial charge in [0.2, 0.25) is 0 Å². The smallest absolute Gasteiger partial charge is 0.116 e. The summed E-state index contributed by atoms with van der Waals surface area (Å²) >= 11 is 0. The third-order valence-corrected chi connectivity index (χ3v) is 5.69. The average molecular weight is 343 g/mol. The zero-order valence-corrected chi connectivity index (χ0v) is 14.3. The molecule has 2 heteroatoms. The Morgan fingerprint density at radius 3 is 2.33 bits per heavy atom. The molecule has 0 radical (unpaired) electrons. The molecule has 0 aromatic heterocycles. The van der Waals surface area contributed by atoms with Gasteiger partial charge >= 0.3 is 0 Å². The zero-order chi connectivity index (χ0) is 18.1. The van der Waals surface area contributed by atoms with E-state index in [2.05, 4.69) is 36.4 Å². The molecule has 27 heavy (non-hydrogen) atoms. The van der Waals surface area contributed by atoms with Crippen molar-refractivity contribution in [1.82, 2.24) is 0 Å². The summed E-state index contributed by atoms with van der Waals surface area (Å²) in [5.74, 6) is 0.263. The fraction of sp³-hybridized carbons (Fsp3) is 0. The highest BCUT2D eigenvalue weighted by molar-refractivity contribution is 6.30. The summed E-state index contributed by atoms with van der Waals surface area (Å²) in [6.45, 7) is 0. The number of aromatic hydroxyl groups is 1. The van der Waals surface area contributed by atoms with Crippen molar-refractivity contribution >= 4 is 32.3 Å². The van der Waals surface area contributed by atoms with E-state index >= 15 is 0 Å². The Bertz CT molecular complexity index is 1490. The van der Waals surface area contributed by atoms with Crippen LogP contribution in [0.1, 0.15) is 5.56 Å². The van der Waals surface area contributed by atoms with Crippen LogP contribution in [0.25, 0.3) is 54.6 Å². The number of rotatable bonds is 0. The lowest BCUT2D eigenvalue weighted by molar-refractivity contribution is 0.476. The lowest BCUT2D eigenvalue weighted by atomic mass is 9.89. The Hall–Kier alpha value is -3.83. The molecule has 0 saturated carbocycles. The minimum absolute atomic E-state index is 0.263. The minimum Gasteiger partial charge on any atom is -0.508 e. The number of phenols is 1. The molecule has 0 atom stereocenters. The van der Waals surface area contributed by atoms with E-state index in [0.29, 0.717) is 5.56 Å². The SMILES string of the molecule is N#Cc1ccc2cccc3c2c1-c1c-3c2ccc(O)cc2c2ccccc12.